The molecule has 8 nitrogen and oxygen atoms in total. The normalized spacial score (nSPS) is 13.2. The van der Waals surface area contributed by atoms with Crippen LogP contribution in [0.3, 0.4) is 0 Å². The van der Waals surface area contributed by atoms with Gasteiger partial charge < -0.3 is 5.32 Å². The number of amides is 1. The van der Waals surface area contributed by atoms with Gasteiger partial charge >= 0.3 is 0 Å². The summed E-state index contributed by atoms with van der Waals surface area (Å²) in [5.74, 6) is 0.363. The van der Waals surface area contributed by atoms with Crippen molar-refractivity contribution in [2.24, 2.45) is 0 Å². The molecule has 2 rings (SSSR count). The standard InChI is InChI=1S/C13H21N7O/c1-8(11-15-18-19-16-11)7-14-12(21)10-6-9(2)20(17-10)13(3,4)5/h6,8H,7H2,1-5H3,(H,14,21)(H,15,16,18,19)/t8-/m1/s1. The maximum Gasteiger partial charge on any atom is 0.271 e. The Balaban J connectivity index is 2.01. The van der Waals surface area contributed by atoms with Gasteiger partial charge in [0.15, 0.2) is 5.82 Å². The van der Waals surface area contributed by atoms with E-state index in [1.807, 2.05) is 39.3 Å². The molecule has 2 aromatic heterocycles. The van der Waals surface area contributed by atoms with E-state index in [0.717, 1.165) is 5.69 Å². The van der Waals surface area contributed by atoms with Gasteiger partial charge in [-0.15, -0.1) is 10.2 Å². The van der Waals surface area contributed by atoms with Gasteiger partial charge in [0, 0.05) is 18.2 Å². The van der Waals surface area contributed by atoms with E-state index in [1.165, 1.54) is 0 Å². The first-order chi connectivity index (χ1) is 9.79. The number of tetrazole rings is 1. The van der Waals surface area contributed by atoms with Crippen LogP contribution < -0.4 is 5.32 Å². The SMILES string of the molecule is Cc1cc(C(=O)NC[C@@H](C)c2nn[nH]n2)nn1C(C)(C)C. The number of aromatic nitrogens is 6. The van der Waals surface area contributed by atoms with E-state index in [4.69, 9.17) is 0 Å². The average molecular weight is 291 g/mol. The molecule has 114 valence electrons. The first-order valence-corrected chi connectivity index (χ1v) is 6.87. The molecule has 1 amide bonds. The first kappa shape index (κ1) is 15.1. The smallest absolute Gasteiger partial charge is 0.271 e. The molecule has 0 aliphatic rings. The van der Waals surface area contributed by atoms with Gasteiger partial charge in [0.05, 0.1) is 5.54 Å². The summed E-state index contributed by atoms with van der Waals surface area (Å²) in [4.78, 5) is 12.2. The molecule has 2 N–H and O–H groups in total. The van der Waals surface area contributed by atoms with E-state index < -0.39 is 0 Å². The molecular weight excluding hydrogens is 270 g/mol. The predicted molar refractivity (Wildman–Crippen MR) is 76.9 cm³/mol. The summed E-state index contributed by atoms with van der Waals surface area (Å²) in [6.45, 7) is 10.4. The Hall–Kier alpha value is -2.25. The second-order valence-corrected chi connectivity index (χ2v) is 6.13. The van der Waals surface area contributed by atoms with E-state index in [-0.39, 0.29) is 17.4 Å². The minimum atomic E-state index is -0.198. The monoisotopic (exact) mass is 291 g/mol. The number of carbonyl (C=O) groups excluding carboxylic acids is 1. The molecule has 1 atom stereocenters. The fourth-order valence-electron chi connectivity index (χ4n) is 2.07. The van der Waals surface area contributed by atoms with Gasteiger partial charge in [0.25, 0.3) is 5.91 Å². The Labute approximate surface area is 123 Å². The minimum absolute atomic E-state index is 0.0153. The third kappa shape index (κ3) is 3.45. The average Bonchev–Trinajstić information content (AvgIpc) is 3.03. The Kier molecular flexibility index (Phi) is 4.06. The second kappa shape index (κ2) is 5.63. The number of carbonyl (C=O) groups is 1. The molecule has 2 aromatic rings. The third-order valence-corrected chi connectivity index (χ3v) is 3.13. The highest BCUT2D eigenvalue weighted by atomic mass is 16.1. The maximum absolute atomic E-state index is 12.2. The summed E-state index contributed by atoms with van der Waals surface area (Å²) in [6, 6.07) is 1.79. The summed E-state index contributed by atoms with van der Waals surface area (Å²) in [6.07, 6.45) is 0. The number of H-pyrrole nitrogens is 1. The van der Waals surface area contributed by atoms with Gasteiger partial charge in [-0.2, -0.15) is 10.3 Å². The molecule has 0 aliphatic heterocycles. The van der Waals surface area contributed by atoms with E-state index in [2.05, 4.69) is 31.0 Å². The molecule has 0 aromatic carbocycles. The molecule has 0 saturated carbocycles. The third-order valence-electron chi connectivity index (χ3n) is 3.13. The number of nitrogens with one attached hydrogen (secondary N) is 2. The molecule has 21 heavy (non-hydrogen) atoms. The number of nitrogens with zero attached hydrogens (tertiary/aromatic N) is 5. The summed E-state index contributed by atoms with van der Waals surface area (Å²) < 4.78 is 1.85. The summed E-state index contributed by atoms with van der Waals surface area (Å²) in [5, 5.41) is 20.9. The highest BCUT2D eigenvalue weighted by Crippen LogP contribution is 2.16. The lowest BCUT2D eigenvalue weighted by Gasteiger charge is -2.21. The molecule has 0 unspecified atom stereocenters. The van der Waals surface area contributed by atoms with Gasteiger partial charge in [-0.25, -0.2) is 0 Å². The zero-order valence-electron chi connectivity index (χ0n) is 13.0. The van der Waals surface area contributed by atoms with Crippen molar-refractivity contribution in [1.82, 2.24) is 35.7 Å². The predicted octanol–water partition coefficient (Wildman–Crippen LogP) is 0.993. The second-order valence-electron chi connectivity index (χ2n) is 6.13. The molecule has 0 aliphatic carbocycles. The van der Waals surface area contributed by atoms with E-state index in [1.54, 1.807) is 6.07 Å². The van der Waals surface area contributed by atoms with Crippen LogP contribution in [0.5, 0.6) is 0 Å². The lowest BCUT2D eigenvalue weighted by atomic mass is 10.1. The zero-order valence-corrected chi connectivity index (χ0v) is 13.0. The molecule has 2 heterocycles. The van der Waals surface area contributed by atoms with Crippen LogP contribution in [0.25, 0.3) is 0 Å². The zero-order chi connectivity index (χ0) is 15.6. The number of rotatable bonds is 4. The van der Waals surface area contributed by atoms with E-state index in [0.29, 0.717) is 18.1 Å². The van der Waals surface area contributed by atoms with Crippen molar-refractivity contribution in [2.75, 3.05) is 6.54 Å². The van der Waals surface area contributed by atoms with E-state index >= 15 is 0 Å². The Morgan fingerprint density at radius 3 is 2.71 bits per heavy atom. The summed E-state index contributed by atoms with van der Waals surface area (Å²) in [5.41, 5.74) is 1.22. The van der Waals surface area contributed by atoms with Crippen molar-refractivity contribution < 1.29 is 4.79 Å². The molecular formula is C13H21N7O. The van der Waals surface area contributed by atoms with Crippen LogP contribution in [-0.2, 0) is 5.54 Å². The van der Waals surface area contributed by atoms with Crippen LogP contribution in [0.4, 0.5) is 0 Å². The van der Waals surface area contributed by atoms with Crippen LogP contribution >= 0.6 is 0 Å². The largest absolute Gasteiger partial charge is 0.350 e. The van der Waals surface area contributed by atoms with Gasteiger partial charge in [0.1, 0.15) is 5.69 Å². The number of hydrogen-bond donors (Lipinski definition) is 2. The van der Waals surface area contributed by atoms with Crippen molar-refractivity contribution in [3.8, 4) is 0 Å². The lowest BCUT2D eigenvalue weighted by molar-refractivity contribution is 0.0945. The van der Waals surface area contributed by atoms with Crippen LogP contribution in [0.2, 0.25) is 0 Å². The van der Waals surface area contributed by atoms with Gasteiger partial charge in [-0.3, -0.25) is 9.48 Å². The van der Waals surface area contributed by atoms with Gasteiger partial charge in [-0.05, 0) is 33.8 Å². The molecule has 0 radical (unpaired) electrons. The number of aromatic amines is 1. The fraction of sp³-hybridized carbons (Fsp3) is 0.615. The van der Waals surface area contributed by atoms with Crippen molar-refractivity contribution in [3.63, 3.8) is 0 Å². The van der Waals surface area contributed by atoms with E-state index in [9.17, 15) is 4.79 Å². The molecule has 0 bridgehead atoms. The lowest BCUT2D eigenvalue weighted by Crippen LogP contribution is -2.29. The highest BCUT2D eigenvalue weighted by Gasteiger charge is 2.20. The van der Waals surface area contributed by atoms with Crippen LogP contribution in [-0.4, -0.2) is 42.9 Å². The Bertz CT molecular complexity index is 609. The fourth-order valence-corrected chi connectivity index (χ4v) is 2.07. The van der Waals surface area contributed by atoms with Crippen molar-refractivity contribution in [2.45, 2.75) is 46.1 Å². The van der Waals surface area contributed by atoms with Crippen molar-refractivity contribution in [1.29, 1.82) is 0 Å². The summed E-state index contributed by atoms with van der Waals surface area (Å²) >= 11 is 0. The minimum Gasteiger partial charge on any atom is -0.350 e. The maximum atomic E-state index is 12.2. The molecule has 0 fully saturated rings. The van der Waals surface area contributed by atoms with Gasteiger partial charge in [0.2, 0.25) is 0 Å². The van der Waals surface area contributed by atoms with Crippen molar-refractivity contribution in [3.05, 3.63) is 23.3 Å². The molecule has 0 saturated heterocycles. The van der Waals surface area contributed by atoms with Crippen LogP contribution in [0.15, 0.2) is 6.07 Å². The van der Waals surface area contributed by atoms with Crippen LogP contribution in [0.1, 0.15) is 55.6 Å². The van der Waals surface area contributed by atoms with Gasteiger partial charge in [-0.1, -0.05) is 12.1 Å². The molecule has 0 spiro atoms. The number of aryl methyl sites for hydroxylation is 1. The highest BCUT2D eigenvalue weighted by molar-refractivity contribution is 5.92. The summed E-state index contributed by atoms with van der Waals surface area (Å²) in [7, 11) is 0. The first-order valence-electron chi connectivity index (χ1n) is 6.87. The quantitative estimate of drug-likeness (QED) is 0.874. The number of hydrogen-bond acceptors (Lipinski definition) is 5. The van der Waals surface area contributed by atoms with Crippen molar-refractivity contribution >= 4 is 5.91 Å². The Morgan fingerprint density at radius 2 is 2.19 bits per heavy atom. The topological polar surface area (TPSA) is 101 Å². The molecule has 8 heteroatoms. The van der Waals surface area contributed by atoms with Crippen LogP contribution in [0, 0.1) is 6.92 Å². The Morgan fingerprint density at radius 1 is 1.48 bits per heavy atom.